The first-order valence-corrected chi connectivity index (χ1v) is 9.39. The zero-order chi connectivity index (χ0) is 17.6. The molecule has 0 radical (unpaired) electrons. The van der Waals surface area contributed by atoms with Crippen LogP contribution in [0, 0.1) is 0 Å². The minimum atomic E-state index is -0.632. The lowest BCUT2D eigenvalue weighted by molar-refractivity contribution is 0.0689. The summed E-state index contributed by atoms with van der Waals surface area (Å²) in [5, 5.41) is 16.6. The average Bonchev–Trinajstić information content (AvgIpc) is 3.01. The number of hydrogen-bond acceptors (Lipinski definition) is 5. The third-order valence-corrected chi connectivity index (χ3v) is 4.46. The Bertz CT molecular complexity index is 477. The number of nitrogens with one attached hydrogen (secondary N) is 2. The van der Waals surface area contributed by atoms with Gasteiger partial charge in [-0.15, -0.1) is 35.3 Å². The third kappa shape index (κ3) is 12.0. The van der Waals surface area contributed by atoms with Crippen molar-refractivity contribution in [3.8, 4) is 0 Å². The van der Waals surface area contributed by atoms with Crippen molar-refractivity contribution in [1.82, 2.24) is 10.6 Å². The number of rotatable bonds is 12. The van der Waals surface area contributed by atoms with E-state index in [1.165, 1.54) is 11.3 Å². The summed E-state index contributed by atoms with van der Waals surface area (Å²) in [7, 11) is 1.67. The van der Waals surface area contributed by atoms with Crippen LogP contribution in [0.25, 0.3) is 0 Å². The average molecular weight is 506 g/mol. The molecule has 0 aliphatic carbocycles. The largest absolute Gasteiger partial charge is 0.386 e. The molecule has 0 aliphatic rings. The van der Waals surface area contributed by atoms with E-state index in [0.717, 1.165) is 37.4 Å². The molecule has 1 rings (SSSR count). The molecule has 0 fully saturated rings. The number of aliphatic imine (C=N–C) groups is 1. The Hall–Kier alpha value is -0.130. The number of halogens is 2. The van der Waals surface area contributed by atoms with Gasteiger partial charge >= 0.3 is 0 Å². The Labute approximate surface area is 176 Å². The maximum atomic E-state index is 10.1. The predicted molar refractivity (Wildman–Crippen MR) is 116 cm³/mol. The Kier molecular flexibility index (Phi) is 16.0. The smallest absolute Gasteiger partial charge is 0.191 e. The highest BCUT2D eigenvalue weighted by Crippen LogP contribution is 2.26. The monoisotopic (exact) mass is 505 g/mol. The Morgan fingerprint density at radius 3 is 2.72 bits per heavy atom. The molecular formula is C16H29ClIN3O3S. The molecule has 0 aliphatic heterocycles. The zero-order valence-corrected chi connectivity index (χ0v) is 18.7. The van der Waals surface area contributed by atoms with Gasteiger partial charge in [-0.2, -0.15) is 0 Å². The number of guanidine groups is 1. The van der Waals surface area contributed by atoms with E-state index in [9.17, 15) is 5.11 Å². The van der Waals surface area contributed by atoms with E-state index in [4.69, 9.17) is 21.1 Å². The van der Waals surface area contributed by atoms with Crippen LogP contribution < -0.4 is 10.6 Å². The van der Waals surface area contributed by atoms with Gasteiger partial charge in [-0.05, 0) is 31.9 Å². The van der Waals surface area contributed by atoms with Crippen LogP contribution >= 0.6 is 46.9 Å². The molecule has 0 spiro atoms. The van der Waals surface area contributed by atoms with Crippen molar-refractivity contribution in [3.63, 3.8) is 0 Å². The molecule has 1 atom stereocenters. The number of unbranched alkanes of at least 4 members (excludes halogenated alkanes) is 1. The molecule has 25 heavy (non-hydrogen) atoms. The van der Waals surface area contributed by atoms with Crippen LogP contribution in [-0.2, 0) is 9.47 Å². The second kappa shape index (κ2) is 16.1. The van der Waals surface area contributed by atoms with Gasteiger partial charge < -0.3 is 25.2 Å². The van der Waals surface area contributed by atoms with Crippen molar-refractivity contribution >= 4 is 52.9 Å². The fourth-order valence-corrected chi connectivity index (χ4v) is 2.94. The molecule has 6 nitrogen and oxygen atoms in total. The summed E-state index contributed by atoms with van der Waals surface area (Å²) in [5.74, 6) is 0.708. The van der Waals surface area contributed by atoms with Gasteiger partial charge in [0, 0.05) is 31.7 Å². The summed E-state index contributed by atoms with van der Waals surface area (Å²) in [5.41, 5.74) is 0. The fraction of sp³-hybridized carbons (Fsp3) is 0.688. The van der Waals surface area contributed by atoms with Crippen LogP contribution in [0.5, 0.6) is 0 Å². The van der Waals surface area contributed by atoms with E-state index in [-0.39, 0.29) is 24.0 Å². The van der Waals surface area contributed by atoms with E-state index in [1.54, 1.807) is 13.2 Å². The molecule has 0 amide bonds. The van der Waals surface area contributed by atoms with Crippen molar-refractivity contribution < 1.29 is 14.6 Å². The van der Waals surface area contributed by atoms with Crippen molar-refractivity contribution in [2.24, 2.45) is 4.99 Å². The Balaban J connectivity index is 0.00000576. The highest BCUT2D eigenvalue weighted by Gasteiger charge is 2.10. The molecule has 3 N–H and O–H groups in total. The van der Waals surface area contributed by atoms with Crippen molar-refractivity contribution in [3.05, 3.63) is 21.3 Å². The van der Waals surface area contributed by atoms with Crippen molar-refractivity contribution in [2.45, 2.75) is 25.9 Å². The van der Waals surface area contributed by atoms with E-state index < -0.39 is 6.10 Å². The lowest BCUT2D eigenvalue weighted by Crippen LogP contribution is -2.38. The molecule has 1 aromatic heterocycles. The molecule has 9 heteroatoms. The van der Waals surface area contributed by atoms with E-state index in [2.05, 4.69) is 15.6 Å². The van der Waals surface area contributed by atoms with Gasteiger partial charge in [0.1, 0.15) is 6.10 Å². The maximum absolute atomic E-state index is 10.1. The SMILES string of the molecule is CCNC(=NCC(O)c1ccc(Cl)s1)NCCCCOCCOC.I. The van der Waals surface area contributed by atoms with Gasteiger partial charge in [0.25, 0.3) is 0 Å². The first-order valence-electron chi connectivity index (χ1n) is 8.19. The second-order valence-corrected chi connectivity index (χ2v) is 6.86. The first-order chi connectivity index (χ1) is 11.7. The quantitative estimate of drug-likeness (QED) is 0.176. The number of aliphatic hydroxyl groups is 1. The number of ether oxygens (including phenoxy) is 2. The number of methoxy groups -OCH3 is 1. The number of aliphatic hydroxyl groups excluding tert-OH is 1. The predicted octanol–water partition coefficient (Wildman–Crippen LogP) is 3.05. The zero-order valence-electron chi connectivity index (χ0n) is 14.8. The van der Waals surface area contributed by atoms with Crippen LogP contribution in [0.15, 0.2) is 17.1 Å². The molecular weight excluding hydrogens is 477 g/mol. The topological polar surface area (TPSA) is 75.1 Å². The van der Waals surface area contributed by atoms with Gasteiger partial charge in [-0.25, -0.2) is 0 Å². The highest BCUT2D eigenvalue weighted by molar-refractivity contribution is 14.0. The van der Waals surface area contributed by atoms with E-state index >= 15 is 0 Å². The summed E-state index contributed by atoms with van der Waals surface area (Å²) in [6, 6.07) is 3.61. The van der Waals surface area contributed by atoms with E-state index in [0.29, 0.717) is 30.1 Å². The summed E-state index contributed by atoms with van der Waals surface area (Å²) in [4.78, 5) is 5.24. The van der Waals surface area contributed by atoms with Crippen LogP contribution in [0.1, 0.15) is 30.7 Å². The standard InChI is InChI=1S/C16H28ClN3O3S.HI/c1-3-18-16(19-8-4-5-9-23-11-10-22-2)20-12-13(21)14-6-7-15(17)24-14;/h6-7,13,21H,3-5,8-12H2,1-2H3,(H2,18,19,20);1H. The third-order valence-electron chi connectivity index (χ3n) is 3.13. The van der Waals surface area contributed by atoms with Crippen LogP contribution in [-0.4, -0.2) is 57.6 Å². The van der Waals surface area contributed by atoms with Crippen LogP contribution in [0.2, 0.25) is 4.34 Å². The van der Waals surface area contributed by atoms with Gasteiger partial charge in [0.15, 0.2) is 5.96 Å². The minimum Gasteiger partial charge on any atom is -0.386 e. The summed E-state index contributed by atoms with van der Waals surface area (Å²) >= 11 is 7.26. The summed E-state index contributed by atoms with van der Waals surface area (Å²) in [6.45, 7) is 5.89. The molecule has 146 valence electrons. The van der Waals surface area contributed by atoms with Gasteiger partial charge in [-0.1, -0.05) is 11.6 Å². The number of thiophene rings is 1. The van der Waals surface area contributed by atoms with Crippen LogP contribution in [0.3, 0.4) is 0 Å². The second-order valence-electron chi connectivity index (χ2n) is 5.12. The van der Waals surface area contributed by atoms with Gasteiger partial charge in [0.05, 0.1) is 24.1 Å². The fourth-order valence-electron chi connectivity index (χ4n) is 1.90. The first kappa shape index (κ1) is 24.9. The molecule has 1 heterocycles. The van der Waals surface area contributed by atoms with Crippen LogP contribution in [0.4, 0.5) is 0 Å². The summed E-state index contributed by atoms with van der Waals surface area (Å²) < 4.78 is 11.0. The molecule has 1 unspecified atom stereocenters. The lowest BCUT2D eigenvalue weighted by Gasteiger charge is -2.12. The minimum absolute atomic E-state index is 0. The highest BCUT2D eigenvalue weighted by atomic mass is 127. The number of nitrogens with zero attached hydrogens (tertiary/aromatic N) is 1. The number of hydrogen-bond donors (Lipinski definition) is 3. The van der Waals surface area contributed by atoms with Crippen molar-refractivity contribution in [2.75, 3.05) is 46.6 Å². The van der Waals surface area contributed by atoms with Gasteiger partial charge in [0.2, 0.25) is 0 Å². The molecule has 0 bridgehead atoms. The lowest BCUT2D eigenvalue weighted by atomic mass is 10.3. The summed E-state index contributed by atoms with van der Waals surface area (Å²) in [6.07, 6.45) is 1.33. The Morgan fingerprint density at radius 1 is 1.28 bits per heavy atom. The van der Waals surface area contributed by atoms with E-state index in [1.807, 2.05) is 13.0 Å². The molecule has 0 saturated heterocycles. The molecule has 0 saturated carbocycles. The normalized spacial score (nSPS) is 12.6. The maximum Gasteiger partial charge on any atom is 0.191 e. The van der Waals surface area contributed by atoms with Gasteiger partial charge in [-0.3, -0.25) is 4.99 Å². The molecule has 1 aromatic rings. The van der Waals surface area contributed by atoms with Crippen molar-refractivity contribution in [1.29, 1.82) is 0 Å². The molecule has 0 aromatic carbocycles. The Morgan fingerprint density at radius 2 is 2.08 bits per heavy atom.